The largest absolute Gasteiger partial charge is 0.331 e. The van der Waals surface area contributed by atoms with Crippen LogP contribution in [0, 0.1) is 0 Å². The summed E-state index contributed by atoms with van der Waals surface area (Å²) in [6, 6.07) is 17.5. The Morgan fingerprint density at radius 1 is 0.776 bits per heavy atom. The van der Waals surface area contributed by atoms with E-state index in [4.69, 9.17) is 15.7 Å². The number of carbonyl (C=O) groups is 2. The number of nitrogens with zero attached hydrogens (tertiary/aromatic N) is 4. The number of carbonyl (C=O) groups excluding carboxylic acids is 2. The number of rotatable bonds is 11. The topological polar surface area (TPSA) is 129 Å². The van der Waals surface area contributed by atoms with Crippen molar-refractivity contribution < 1.29 is 9.59 Å². The van der Waals surface area contributed by atoms with Gasteiger partial charge in [-0.2, -0.15) is 0 Å². The molecule has 4 aromatic heterocycles. The fourth-order valence-corrected chi connectivity index (χ4v) is 11.8. The van der Waals surface area contributed by atoms with Gasteiger partial charge in [-0.3, -0.25) is 19.4 Å². The summed E-state index contributed by atoms with van der Waals surface area (Å²) in [5.74, 6) is -0.112. The van der Waals surface area contributed by atoms with Crippen molar-refractivity contribution in [3.63, 3.8) is 0 Å². The number of aromatic nitrogens is 2. The molecule has 0 saturated carbocycles. The molecule has 0 spiro atoms. The minimum atomic E-state index is -0.174. The van der Waals surface area contributed by atoms with Crippen LogP contribution in [-0.4, -0.2) is 76.4 Å². The van der Waals surface area contributed by atoms with E-state index < -0.39 is 0 Å². The van der Waals surface area contributed by atoms with E-state index in [1.54, 1.807) is 45.3 Å². The molecule has 14 heteroatoms. The van der Waals surface area contributed by atoms with E-state index in [0.717, 1.165) is 94.3 Å². The normalized spacial score (nSPS) is 14.1. The molecule has 6 aromatic rings. The zero-order valence-electron chi connectivity index (χ0n) is 34.4. The number of thiazole rings is 2. The summed E-state index contributed by atoms with van der Waals surface area (Å²) in [5, 5.41) is 13.3. The molecule has 58 heavy (non-hydrogen) atoms. The Hall–Kier alpha value is -3.86. The Kier molecular flexibility index (Phi) is 15.4. The average molecular weight is 857 g/mol. The lowest BCUT2D eigenvalue weighted by Crippen LogP contribution is -2.35. The van der Waals surface area contributed by atoms with Crippen molar-refractivity contribution in [2.24, 2.45) is 5.73 Å². The molecular formula is C44H56N8O2S4. The third-order valence-corrected chi connectivity index (χ3v) is 14.5. The van der Waals surface area contributed by atoms with Gasteiger partial charge < -0.3 is 21.7 Å². The summed E-state index contributed by atoms with van der Waals surface area (Å²) in [6.07, 6.45) is 3.79. The van der Waals surface area contributed by atoms with Gasteiger partial charge in [-0.05, 0) is 95.1 Å². The van der Waals surface area contributed by atoms with Crippen LogP contribution >= 0.6 is 45.3 Å². The highest BCUT2D eigenvalue weighted by Gasteiger charge is 2.30. The van der Waals surface area contributed by atoms with Crippen LogP contribution in [0.15, 0.2) is 61.2 Å². The lowest BCUT2D eigenvalue weighted by atomic mass is 10.0. The van der Waals surface area contributed by atoms with Crippen LogP contribution in [0.25, 0.3) is 41.6 Å². The highest BCUT2D eigenvalue weighted by molar-refractivity contribution is 7.23. The lowest BCUT2D eigenvalue weighted by molar-refractivity contribution is -0.116. The van der Waals surface area contributed by atoms with Gasteiger partial charge in [-0.25, -0.2) is 9.97 Å². The zero-order valence-corrected chi connectivity index (χ0v) is 37.7. The first-order valence-electron chi connectivity index (χ1n) is 20.2. The second-order valence-electron chi connectivity index (χ2n) is 14.8. The number of benzene rings is 2. The van der Waals surface area contributed by atoms with Crippen molar-refractivity contribution in [2.75, 3.05) is 43.4 Å². The van der Waals surface area contributed by atoms with Gasteiger partial charge in [0, 0.05) is 72.1 Å². The summed E-state index contributed by atoms with van der Waals surface area (Å²) in [4.78, 5) is 41.9. The molecule has 2 amide bonds. The maximum Gasteiger partial charge on any atom is 0.248 e. The van der Waals surface area contributed by atoms with E-state index in [1.165, 1.54) is 36.4 Å². The van der Waals surface area contributed by atoms with Crippen LogP contribution in [0.4, 0.5) is 10.0 Å². The maximum absolute atomic E-state index is 12.6. The average Bonchev–Trinajstić information content (AvgIpc) is 3.99. The summed E-state index contributed by atoms with van der Waals surface area (Å²) >= 11 is 6.81. The molecule has 8 rings (SSSR count). The van der Waals surface area contributed by atoms with E-state index in [9.17, 15) is 9.59 Å². The standard InChI is InChI=1S/C22H28N4OS2.C20H21N3OS2.C2H7N/c1-4-23-11-9-19(27)25-22-20(21-24-16-7-5-6-8-17(16)28-21)15-10-12-26(14(2)3)13-18(15)29-22;1-4-17(24)22-20-18(19-21-14-7-5-6-8-15(14)25-19)13-9-10-23(12(2)3)11-16(13)26-20;1-2-3/h5-8,14,23H,4,9-13H2,1-3H3,(H,25,27);4-8,12H,1,9-11H2,2-3H3,(H,22,24);2-3H2,1H3. The SMILES string of the molecule is C=CC(=O)Nc1sc2c(c1-c1nc3ccccc3s1)CCN(C(C)C)C2.CCN.CCNCCC(=O)Nc1sc2c(c1-c1nc3ccccc3s1)CCN(C(C)C)C2. The Bertz CT molecular complexity index is 2270. The van der Waals surface area contributed by atoms with Crippen molar-refractivity contribution in [1.82, 2.24) is 25.1 Å². The van der Waals surface area contributed by atoms with Gasteiger partial charge in [-0.1, -0.05) is 44.7 Å². The predicted molar refractivity (Wildman–Crippen MR) is 250 cm³/mol. The molecule has 0 radical (unpaired) electrons. The molecule has 5 N–H and O–H groups in total. The van der Waals surface area contributed by atoms with Gasteiger partial charge in [0.25, 0.3) is 0 Å². The fraction of sp³-hybridized carbons (Fsp3) is 0.409. The predicted octanol–water partition coefficient (Wildman–Crippen LogP) is 9.61. The Labute approximate surface area is 358 Å². The molecule has 10 nitrogen and oxygen atoms in total. The number of thiophene rings is 2. The quantitative estimate of drug-likeness (QED) is 0.0750. The monoisotopic (exact) mass is 856 g/mol. The van der Waals surface area contributed by atoms with Crippen LogP contribution < -0.4 is 21.7 Å². The molecule has 0 bridgehead atoms. The number of anilines is 2. The Morgan fingerprint density at radius 2 is 1.24 bits per heavy atom. The van der Waals surface area contributed by atoms with Crippen LogP contribution in [0.2, 0.25) is 0 Å². The minimum Gasteiger partial charge on any atom is -0.331 e. The van der Waals surface area contributed by atoms with E-state index >= 15 is 0 Å². The van der Waals surface area contributed by atoms with Crippen LogP contribution in [0.5, 0.6) is 0 Å². The molecule has 0 saturated heterocycles. The summed E-state index contributed by atoms with van der Waals surface area (Å²) in [6.45, 7) is 22.8. The number of fused-ring (bicyclic) bond motifs is 4. The second kappa shape index (κ2) is 20.4. The number of hydrogen-bond acceptors (Lipinski definition) is 12. The van der Waals surface area contributed by atoms with Crippen molar-refractivity contribution in [1.29, 1.82) is 0 Å². The first kappa shape index (κ1) is 43.7. The van der Waals surface area contributed by atoms with Gasteiger partial charge in [0.05, 0.1) is 20.4 Å². The third kappa shape index (κ3) is 10.3. The van der Waals surface area contributed by atoms with Crippen molar-refractivity contribution in [3.8, 4) is 21.1 Å². The maximum atomic E-state index is 12.6. The lowest BCUT2D eigenvalue weighted by Gasteiger charge is -2.30. The van der Waals surface area contributed by atoms with Gasteiger partial charge in [0.1, 0.15) is 20.0 Å². The Morgan fingerprint density at radius 3 is 1.67 bits per heavy atom. The van der Waals surface area contributed by atoms with Crippen molar-refractivity contribution >= 4 is 87.6 Å². The van der Waals surface area contributed by atoms with Gasteiger partial charge in [0.2, 0.25) is 11.8 Å². The van der Waals surface area contributed by atoms with Crippen LogP contribution in [-0.2, 0) is 35.5 Å². The minimum absolute atomic E-state index is 0.0626. The molecule has 308 valence electrons. The van der Waals surface area contributed by atoms with Crippen LogP contribution in [0.1, 0.15) is 68.8 Å². The molecule has 2 aromatic carbocycles. The third-order valence-electron chi connectivity index (χ3n) is 10.1. The number of nitrogens with one attached hydrogen (secondary N) is 3. The number of hydrogen-bond donors (Lipinski definition) is 4. The Balaban J connectivity index is 0.000000184. The first-order valence-corrected chi connectivity index (χ1v) is 23.4. The molecule has 2 aliphatic rings. The zero-order chi connectivity index (χ0) is 41.3. The summed E-state index contributed by atoms with van der Waals surface area (Å²) in [5.41, 5.74) is 11.8. The highest BCUT2D eigenvalue weighted by Crippen LogP contribution is 2.47. The molecule has 0 atom stereocenters. The highest BCUT2D eigenvalue weighted by atomic mass is 32.1. The van der Waals surface area contributed by atoms with Crippen molar-refractivity contribution in [3.05, 3.63) is 82.1 Å². The summed E-state index contributed by atoms with van der Waals surface area (Å²) in [7, 11) is 0. The van der Waals surface area contributed by atoms with E-state index in [0.29, 0.717) is 25.0 Å². The molecular weight excluding hydrogens is 801 g/mol. The molecule has 0 fully saturated rings. The van der Waals surface area contributed by atoms with Gasteiger partial charge >= 0.3 is 0 Å². The van der Waals surface area contributed by atoms with E-state index in [-0.39, 0.29) is 11.8 Å². The van der Waals surface area contributed by atoms with E-state index in [1.807, 2.05) is 31.2 Å². The number of amides is 2. The second-order valence-corrected chi connectivity index (χ2v) is 19.0. The first-order chi connectivity index (χ1) is 28.0. The van der Waals surface area contributed by atoms with Crippen molar-refractivity contribution in [2.45, 2.75) is 86.0 Å². The fourth-order valence-electron chi connectivity index (χ4n) is 7.05. The smallest absolute Gasteiger partial charge is 0.248 e. The number of nitrogens with two attached hydrogens (primary N) is 1. The van der Waals surface area contributed by atoms with Crippen LogP contribution in [0.3, 0.4) is 0 Å². The molecule has 0 aliphatic carbocycles. The van der Waals surface area contributed by atoms with Gasteiger partial charge in [0.15, 0.2) is 0 Å². The van der Waals surface area contributed by atoms with E-state index in [2.05, 4.69) is 91.2 Å². The molecule has 2 aliphatic heterocycles. The molecule has 0 unspecified atom stereocenters. The van der Waals surface area contributed by atoms with Gasteiger partial charge in [-0.15, -0.1) is 45.3 Å². The summed E-state index contributed by atoms with van der Waals surface area (Å²) < 4.78 is 2.36. The molecule has 6 heterocycles. The number of para-hydroxylation sites is 2.